The number of aldehydes is 2. The number of fused-ring (bicyclic) bond motifs is 1. The zero-order chi connectivity index (χ0) is 27.6. The van der Waals surface area contributed by atoms with Crippen molar-refractivity contribution in [1.82, 2.24) is 0 Å². The van der Waals surface area contributed by atoms with Gasteiger partial charge in [-0.2, -0.15) is 9.03 Å². The van der Waals surface area contributed by atoms with Crippen molar-refractivity contribution < 1.29 is 41.9 Å². The second-order valence-electron chi connectivity index (χ2n) is 7.77. The van der Waals surface area contributed by atoms with Gasteiger partial charge in [-0.05, 0) is 71.0 Å². The average molecular weight is 640 g/mol. The lowest BCUT2D eigenvalue weighted by molar-refractivity contribution is 0.00460. The molecule has 2 aliphatic rings. The predicted molar refractivity (Wildman–Crippen MR) is 149 cm³/mol. The van der Waals surface area contributed by atoms with Crippen LogP contribution in [0.1, 0.15) is 20.7 Å². The van der Waals surface area contributed by atoms with Crippen LogP contribution in [0.25, 0.3) is 0 Å². The van der Waals surface area contributed by atoms with Crippen LogP contribution in [0.2, 0.25) is 0 Å². The number of ether oxygens (including phenoxy) is 3. The molecule has 0 N–H and O–H groups in total. The van der Waals surface area contributed by atoms with E-state index in [9.17, 15) is 9.59 Å². The molecule has 2 bridgehead atoms. The maximum absolute atomic E-state index is 11.1. The predicted octanol–water partition coefficient (Wildman–Crippen LogP) is 7.20. The summed E-state index contributed by atoms with van der Waals surface area (Å²) in [5, 5.41) is 0. The van der Waals surface area contributed by atoms with Gasteiger partial charge in [-0.15, -0.1) is 4.52 Å². The third-order valence-electron chi connectivity index (χ3n) is 4.87. The molecule has 2 aromatic carbocycles. The molecule has 0 spiro atoms. The Morgan fingerprint density at radius 2 is 0.974 bits per heavy atom. The van der Waals surface area contributed by atoms with Crippen LogP contribution in [0.4, 0.5) is 0 Å². The first-order valence-electron chi connectivity index (χ1n) is 11.7. The van der Waals surface area contributed by atoms with Gasteiger partial charge in [0.2, 0.25) is 0 Å². The van der Waals surface area contributed by atoms with Gasteiger partial charge < -0.3 is 23.3 Å². The molecule has 4 rings (SSSR count). The minimum atomic E-state index is -3.68. The fourth-order valence-electron chi connectivity index (χ4n) is 3.16. The quantitative estimate of drug-likeness (QED) is 0.237. The average Bonchev–Trinajstić information content (AvgIpc) is 2.90. The molecule has 0 aromatic heterocycles. The molecule has 0 saturated carbocycles. The van der Waals surface area contributed by atoms with Gasteiger partial charge >= 0.3 is 15.3 Å². The van der Waals surface area contributed by atoms with E-state index in [0.29, 0.717) is 61.6 Å². The molecule has 2 unspecified atom stereocenters. The van der Waals surface area contributed by atoms with Crippen LogP contribution in [0.15, 0.2) is 62.1 Å². The van der Waals surface area contributed by atoms with Crippen LogP contribution in [0.3, 0.4) is 0 Å². The van der Waals surface area contributed by atoms with Crippen molar-refractivity contribution in [1.29, 1.82) is 0 Å². The van der Waals surface area contributed by atoms with E-state index < -0.39 is 21.2 Å². The number of rotatable bonds is 6. The lowest BCUT2D eigenvalue weighted by atomic mass is 10.2. The van der Waals surface area contributed by atoms with E-state index >= 15 is 0 Å². The second-order valence-corrected chi connectivity index (χ2v) is 17.0. The second kappa shape index (κ2) is 14.4. The molecule has 2 atom stereocenters. The first-order chi connectivity index (χ1) is 18.8. The molecule has 0 fully saturated rings. The molecule has 2 heterocycles. The van der Waals surface area contributed by atoms with Gasteiger partial charge in [0.25, 0.3) is 5.91 Å². The lowest BCUT2D eigenvalue weighted by Crippen LogP contribution is -2.14. The van der Waals surface area contributed by atoms with E-state index in [1.165, 1.54) is 0 Å². The van der Waals surface area contributed by atoms with Crippen LogP contribution in [-0.4, -0.2) is 65.4 Å². The van der Waals surface area contributed by atoms with Gasteiger partial charge in [0, 0.05) is 11.1 Å². The summed E-state index contributed by atoms with van der Waals surface area (Å²) in [6.45, 7) is 1.85. The summed E-state index contributed by atoms with van der Waals surface area (Å²) in [6, 6.07) is 12.6. The summed E-state index contributed by atoms with van der Waals surface area (Å²) in [7, 11) is -7.35. The third kappa shape index (κ3) is 9.23. The number of benzene rings is 2. The monoisotopic (exact) mass is 639 g/mol. The summed E-state index contributed by atoms with van der Waals surface area (Å²) in [5.41, 5.74) is 0.896. The molecule has 0 radical (unpaired) electrons. The van der Waals surface area contributed by atoms with Crippen molar-refractivity contribution in [3.63, 3.8) is 0 Å². The van der Waals surface area contributed by atoms with E-state index in [0.717, 1.165) is 0 Å². The van der Waals surface area contributed by atoms with E-state index in [2.05, 4.69) is 9.03 Å². The van der Waals surface area contributed by atoms with Crippen molar-refractivity contribution >= 4 is 56.3 Å². The largest absolute Gasteiger partial charge is 0.422 e. The topological polar surface area (TPSA) is 136 Å². The summed E-state index contributed by atoms with van der Waals surface area (Å²) < 4.78 is 54.8. The highest BCUT2D eigenvalue weighted by Crippen LogP contribution is 2.82. The standard InChI is InChI=1S/C22H26Cl2N3O9P3/c23-37(24)25-38(35-21-5-1-19(17-28)2-6-21)27-39(26-37,36-22-7-3-20(18-29)4-8-22)34-16-14-32-12-10-30-9-11-31-13-15-33-38/h1-8,17-18H,9-16H2. The molecular formula is C22H26Cl2N3O9P3. The molecule has 17 heteroatoms. The number of nitrogens with zero attached hydrogens (tertiary/aromatic N) is 3. The van der Waals surface area contributed by atoms with E-state index in [4.69, 9.17) is 59.3 Å². The summed E-state index contributed by atoms with van der Waals surface area (Å²) in [5.74, 6) is -2.90. The van der Waals surface area contributed by atoms with E-state index in [1.54, 1.807) is 48.5 Å². The van der Waals surface area contributed by atoms with Crippen LogP contribution in [0.5, 0.6) is 11.5 Å². The Kier molecular flexibility index (Phi) is 11.2. The fraction of sp³-hybridized carbons (Fsp3) is 0.364. The van der Waals surface area contributed by atoms with Gasteiger partial charge in [0.1, 0.15) is 24.1 Å². The smallest absolute Gasteiger partial charge is 0.401 e. The van der Waals surface area contributed by atoms with Crippen LogP contribution in [-0.2, 0) is 23.3 Å². The maximum atomic E-state index is 11.1. The first-order valence-corrected chi connectivity index (χ1v) is 18.2. The lowest BCUT2D eigenvalue weighted by Gasteiger charge is -2.30. The number of hydrogen-bond donors (Lipinski definition) is 0. The maximum Gasteiger partial charge on any atom is 0.401 e. The van der Waals surface area contributed by atoms with Gasteiger partial charge in [0.05, 0.1) is 52.9 Å². The normalized spacial score (nSPS) is 26.1. The van der Waals surface area contributed by atoms with Gasteiger partial charge in [0.15, 0.2) is 0 Å². The Morgan fingerprint density at radius 1 is 0.590 bits per heavy atom. The molecule has 0 aliphatic carbocycles. The molecular weight excluding hydrogens is 614 g/mol. The first kappa shape index (κ1) is 30.4. The summed E-state index contributed by atoms with van der Waals surface area (Å²) >= 11 is 13.3. The van der Waals surface area contributed by atoms with Crippen LogP contribution in [0, 0.1) is 0 Å². The molecule has 212 valence electrons. The highest BCUT2D eigenvalue weighted by Gasteiger charge is 2.42. The van der Waals surface area contributed by atoms with Crippen molar-refractivity contribution in [2.24, 2.45) is 13.5 Å². The van der Waals surface area contributed by atoms with Crippen molar-refractivity contribution in [2.75, 3.05) is 52.9 Å². The van der Waals surface area contributed by atoms with Gasteiger partial charge in [-0.3, -0.25) is 18.6 Å². The molecule has 2 aliphatic heterocycles. The highest BCUT2D eigenvalue weighted by molar-refractivity contribution is 8.13. The SMILES string of the molecule is O=Cc1ccc(OP23=NP(Cl)(Cl)=NP(Oc4ccc(C=O)cc4)(=N2)OCCOCCOCCOCCO3)cc1. The van der Waals surface area contributed by atoms with E-state index in [-0.39, 0.29) is 26.4 Å². The highest BCUT2D eigenvalue weighted by atomic mass is 35.9. The van der Waals surface area contributed by atoms with E-state index in [1.807, 2.05) is 0 Å². The summed E-state index contributed by atoms with van der Waals surface area (Å²) in [4.78, 5) is 22.2. The van der Waals surface area contributed by atoms with Gasteiger partial charge in [-0.1, -0.05) is 0 Å². The number of hydrogen-bond acceptors (Lipinski definition) is 12. The van der Waals surface area contributed by atoms with Crippen LogP contribution >= 0.6 is 43.7 Å². The third-order valence-corrected chi connectivity index (χ3v) is 14.6. The summed E-state index contributed by atoms with van der Waals surface area (Å²) in [6.07, 6.45) is 1.42. The minimum absolute atomic E-state index is 0.0259. The molecule has 0 saturated heterocycles. The number of carbonyl (C=O) groups excluding carboxylic acids is 2. The van der Waals surface area contributed by atoms with Gasteiger partial charge in [-0.25, -0.2) is 0 Å². The van der Waals surface area contributed by atoms with Crippen molar-refractivity contribution in [2.45, 2.75) is 0 Å². The Morgan fingerprint density at radius 3 is 1.38 bits per heavy atom. The van der Waals surface area contributed by atoms with Crippen LogP contribution < -0.4 is 9.05 Å². The Balaban J connectivity index is 1.78. The fourth-order valence-corrected chi connectivity index (χ4v) is 13.9. The molecule has 12 nitrogen and oxygen atoms in total. The zero-order valence-electron chi connectivity index (χ0n) is 20.5. The number of halogens is 2. The van der Waals surface area contributed by atoms with Crippen molar-refractivity contribution in [3.8, 4) is 11.5 Å². The Bertz CT molecular complexity index is 1230. The van der Waals surface area contributed by atoms with Crippen molar-refractivity contribution in [3.05, 3.63) is 59.7 Å². The minimum Gasteiger partial charge on any atom is -0.422 e. The molecule has 2 aromatic rings. The molecule has 0 amide bonds. The Labute approximate surface area is 235 Å². The molecule has 39 heavy (non-hydrogen) atoms. The number of carbonyl (C=O) groups is 2. The Hall–Kier alpha value is -1.55. The zero-order valence-corrected chi connectivity index (χ0v) is 24.7.